The molecule has 1 aliphatic heterocycles. The topological polar surface area (TPSA) is 231 Å². The summed E-state index contributed by atoms with van der Waals surface area (Å²) in [5.74, 6) is -4.51. The zero-order valence-electron chi connectivity index (χ0n) is 30.7. The zero-order chi connectivity index (χ0) is 40.3. The monoisotopic (exact) mass is 851 g/mol. The van der Waals surface area contributed by atoms with Crippen LogP contribution in [0.5, 0.6) is 0 Å². The molecule has 0 radical (unpaired) electrons. The van der Waals surface area contributed by atoms with Crippen LogP contribution >= 0.6 is 28.1 Å². The van der Waals surface area contributed by atoms with E-state index in [1.807, 2.05) is 36.2 Å². The average Bonchev–Trinajstić information content (AvgIpc) is 3.10. The van der Waals surface area contributed by atoms with Crippen LogP contribution in [0.3, 0.4) is 0 Å². The van der Waals surface area contributed by atoms with Gasteiger partial charge >= 0.3 is 23.9 Å². The first kappa shape index (κ1) is 45.1. The van der Waals surface area contributed by atoms with Gasteiger partial charge in [-0.15, -0.1) is 0 Å². The van der Waals surface area contributed by atoms with Gasteiger partial charge in [-0.25, -0.2) is 4.98 Å². The number of amides is 1. The third-order valence-electron chi connectivity index (χ3n) is 8.77. The van der Waals surface area contributed by atoms with Gasteiger partial charge in [0.05, 0.1) is 26.2 Å². The van der Waals surface area contributed by atoms with Crippen LogP contribution in [0.2, 0.25) is 0 Å². The minimum atomic E-state index is -1.08. The van der Waals surface area contributed by atoms with Gasteiger partial charge in [0.1, 0.15) is 5.69 Å². The summed E-state index contributed by atoms with van der Waals surface area (Å²) in [6.07, 6.45) is 1.93. The van der Waals surface area contributed by atoms with Crippen molar-refractivity contribution >= 4 is 68.7 Å². The predicted octanol–water partition coefficient (Wildman–Crippen LogP) is -0.0366. The lowest BCUT2D eigenvalue weighted by Gasteiger charge is -2.37. The van der Waals surface area contributed by atoms with Crippen LogP contribution in [0.4, 0.5) is 5.69 Å². The van der Waals surface area contributed by atoms with Gasteiger partial charge in [0.25, 0.3) is 5.91 Å². The third kappa shape index (κ3) is 18.3. The molecule has 1 aromatic heterocycles. The molecule has 1 amide bonds. The number of carbonyl (C=O) groups excluding carboxylic acids is 1. The molecule has 0 spiro atoms. The van der Waals surface area contributed by atoms with E-state index in [4.69, 9.17) is 12.2 Å². The summed E-state index contributed by atoms with van der Waals surface area (Å²) in [6.45, 7) is 2.50. The third-order valence-corrected chi connectivity index (χ3v) is 9.49. The van der Waals surface area contributed by atoms with E-state index in [9.17, 15) is 44.4 Å². The highest BCUT2D eigenvalue weighted by Gasteiger charge is 2.27. The number of nitrogens with one attached hydrogen (secondary N) is 3. The Morgan fingerprint density at radius 2 is 1.29 bits per heavy atom. The summed E-state index contributed by atoms with van der Waals surface area (Å²) in [5.41, 5.74) is 1.91. The fourth-order valence-electron chi connectivity index (χ4n) is 5.96. The lowest BCUT2D eigenvalue weighted by Crippen LogP contribution is -2.53. The summed E-state index contributed by atoms with van der Waals surface area (Å²) < 4.78 is 0.793. The van der Waals surface area contributed by atoms with Crippen molar-refractivity contribution in [2.24, 2.45) is 0 Å². The first-order valence-corrected chi connectivity index (χ1v) is 18.9. The van der Waals surface area contributed by atoms with Gasteiger partial charge in [0, 0.05) is 94.4 Å². The molecule has 18 nitrogen and oxygen atoms in total. The molecule has 55 heavy (non-hydrogen) atoms. The van der Waals surface area contributed by atoms with E-state index in [0.717, 1.165) is 15.7 Å². The van der Waals surface area contributed by atoms with E-state index in [1.54, 1.807) is 37.9 Å². The highest BCUT2D eigenvalue weighted by Crippen LogP contribution is 2.16. The number of thiocarbonyl (C=S) groups is 1. The summed E-state index contributed by atoms with van der Waals surface area (Å²) in [5, 5.41) is 48.1. The largest absolute Gasteiger partial charge is 0.480 e. The van der Waals surface area contributed by atoms with Crippen molar-refractivity contribution in [2.75, 3.05) is 111 Å². The molecular formula is C35H50BrN9O9S. The summed E-state index contributed by atoms with van der Waals surface area (Å²) >= 11 is 8.78. The van der Waals surface area contributed by atoms with Gasteiger partial charge < -0.3 is 41.3 Å². The molecule has 20 heteroatoms. The second-order valence-electron chi connectivity index (χ2n) is 13.2. The number of aliphatic carboxylic acids is 4. The second kappa shape index (κ2) is 23.6. The maximum Gasteiger partial charge on any atom is 0.317 e. The Labute approximate surface area is 333 Å². The van der Waals surface area contributed by atoms with Crippen molar-refractivity contribution in [2.45, 2.75) is 12.5 Å². The number of hydrogen-bond donors (Lipinski definition) is 7. The van der Waals surface area contributed by atoms with Gasteiger partial charge in [-0.3, -0.25) is 43.6 Å². The first-order valence-electron chi connectivity index (χ1n) is 17.7. The van der Waals surface area contributed by atoms with Gasteiger partial charge in [-0.05, 0) is 71.4 Å². The standard InChI is InChI=1S/C35H50BrN9O9S/c1-41(10-8-37-34(54)29-7-4-26(36)19-39-29)11-9-38-35(55)40-27-5-2-25(3-6-27)18-28-20-44(23-32(50)51)15-14-42(21-30(46)47)12-13-43(22-31(48)49)16-17-45(28)24-33(52)53/h2-7,19,28H,8-18,20-24H2,1H3,(H,37,54)(H,46,47)(H,48,49)(H,50,51)(H,52,53)(H2,38,40,55). The van der Waals surface area contributed by atoms with Crippen molar-refractivity contribution in [1.82, 2.24) is 40.1 Å². The van der Waals surface area contributed by atoms with E-state index in [-0.39, 0.29) is 77.9 Å². The molecule has 1 unspecified atom stereocenters. The number of aromatic nitrogens is 1. The molecule has 7 N–H and O–H groups in total. The van der Waals surface area contributed by atoms with Crippen LogP contribution in [-0.2, 0) is 25.6 Å². The Morgan fingerprint density at radius 3 is 1.84 bits per heavy atom. The molecule has 0 saturated carbocycles. The number of pyridine rings is 1. The molecule has 1 fully saturated rings. The molecule has 2 aromatic rings. The Bertz CT molecular complexity index is 1590. The van der Waals surface area contributed by atoms with Crippen molar-refractivity contribution < 1.29 is 44.4 Å². The smallest absolute Gasteiger partial charge is 0.317 e. The van der Waals surface area contributed by atoms with E-state index in [1.165, 1.54) is 0 Å². The maximum absolute atomic E-state index is 12.3. The first-order chi connectivity index (χ1) is 26.2. The fraction of sp³-hybridized carbons (Fsp3) is 0.514. The number of benzene rings is 1. The van der Waals surface area contributed by atoms with E-state index in [2.05, 4.69) is 36.9 Å². The molecule has 1 aromatic carbocycles. The minimum absolute atomic E-state index is 0.177. The van der Waals surface area contributed by atoms with E-state index in [0.29, 0.717) is 43.4 Å². The summed E-state index contributed by atoms with van der Waals surface area (Å²) in [6, 6.07) is 10.3. The molecular weight excluding hydrogens is 802 g/mol. The van der Waals surface area contributed by atoms with Crippen LogP contribution in [-0.4, -0.2) is 196 Å². The predicted molar refractivity (Wildman–Crippen MR) is 211 cm³/mol. The number of anilines is 1. The van der Waals surface area contributed by atoms with Gasteiger partial charge in [-0.1, -0.05) is 12.1 Å². The molecule has 1 atom stereocenters. The van der Waals surface area contributed by atoms with Crippen LogP contribution in [0.15, 0.2) is 47.1 Å². The number of carbonyl (C=O) groups is 5. The summed E-state index contributed by atoms with van der Waals surface area (Å²) in [4.78, 5) is 72.2. The normalized spacial score (nSPS) is 16.7. The van der Waals surface area contributed by atoms with Crippen LogP contribution in [0, 0.1) is 0 Å². The number of carboxylic acids is 4. The van der Waals surface area contributed by atoms with Gasteiger partial charge in [0.15, 0.2) is 5.11 Å². The van der Waals surface area contributed by atoms with Crippen LogP contribution in [0.25, 0.3) is 0 Å². The van der Waals surface area contributed by atoms with Crippen molar-refractivity contribution in [3.8, 4) is 0 Å². The maximum atomic E-state index is 12.3. The lowest BCUT2D eigenvalue weighted by molar-refractivity contribution is -0.142. The minimum Gasteiger partial charge on any atom is -0.480 e. The number of nitrogens with zero attached hydrogens (tertiary/aromatic N) is 6. The average molecular weight is 853 g/mol. The van der Waals surface area contributed by atoms with Crippen LogP contribution in [0.1, 0.15) is 16.1 Å². The van der Waals surface area contributed by atoms with Gasteiger partial charge in [0.2, 0.25) is 0 Å². The molecule has 3 rings (SSSR count). The molecule has 0 bridgehead atoms. The van der Waals surface area contributed by atoms with Crippen molar-refractivity contribution in [1.29, 1.82) is 0 Å². The molecule has 1 aliphatic rings. The lowest BCUT2D eigenvalue weighted by atomic mass is 10.0. The quantitative estimate of drug-likeness (QED) is 0.0976. The Hall–Kier alpha value is -4.31. The van der Waals surface area contributed by atoms with Gasteiger partial charge in [-0.2, -0.15) is 0 Å². The zero-order valence-corrected chi connectivity index (χ0v) is 33.1. The number of halogens is 1. The van der Waals surface area contributed by atoms with Crippen molar-refractivity contribution in [3.63, 3.8) is 0 Å². The molecule has 1 saturated heterocycles. The highest BCUT2D eigenvalue weighted by molar-refractivity contribution is 9.10. The Balaban J connectivity index is 1.61. The summed E-state index contributed by atoms with van der Waals surface area (Å²) in [7, 11) is 1.93. The molecule has 2 heterocycles. The van der Waals surface area contributed by atoms with Crippen molar-refractivity contribution in [3.05, 3.63) is 58.3 Å². The Kier molecular flexibility index (Phi) is 19.3. The SMILES string of the molecule is CN(CCNC(=O)c1ccc(Br)cn1)CCNC(=S)Nc1ccc(CC2CN(CC(=O)O)CCN(CC(=O)O)CCN(CC(=O)O)CCN2CC(=O)O)cc1. The van der Waals surface area contributed by atoms with E-state index >= 15 is 0 Å². The van der Waals surface area contributed by atoms with E-state index < -0.39 is 29.9 Å². The number of hydrogen-bond acceptors (Lipinski definition) is 12. The highest BCUT2D eigenvalue weighted by atomic mass is 79.9. The number of likely N-dealkylation sites (N-methyl/N-ethyl adjacent to an activating group) is 1. The van der Waals surface area contributed by atoms with Crippen LogP contribution < -0.4 is 16.0 Å². The molecule has 0 aliphatic carbocycles. The number of carboxylic acid groups (broad SMARTS) is 4. The second-order valence-corrected chi connectivity index (χ2v) is 14.5. The fourth-order valence-corrected chi connectivity index (χ4v) is 6.41. The number of rotatable bonds is 18. The molecule has 302 valence electrons. The Morgan fingerprint density at radius 1 is 0.764 bits per heavy atom.